The Labute approximate surface area is 190 Å². The third kappa shape index (κ3) is 3.40. The quantitative estimate of drug-likeness (QED) is 0.330. The molecule has 1 aliphatic rings. The van der Waals surface area contributed by atoms with Gasteiger partial charge < -0.3 is 9.84 Å². The summed E-state index contributed by atoms with van der Waals surface area (Å²) in [7, 11) is 0. The van der Waals surface area contributed by atoms with Crippen molar-refractivity contribution in [3.8, 4) is 11.1 Å². The molecule has 3 aromatic carbocycles. The fraction of sp³-hybridized carbons (Fsp3) is 0.0833. The van der Waals surface area contributed by atoms with Crippen LogP contribution >= 0.6 is 27.3 Å². The molecule has 0 saturated heterocycles. The lowest BCUT2D eigenvalue weighted by atomic mass is 9.98. The summed E-state index contributed by atoms with van der Waals surface area (Å²) in [5, 5.41) is 12.9. The second-order valence-electron chi connectivity index (χ2n) is 7.18. The number of thiophene rings is 1. The van der Waals surface area contributed by atoms with Crippen LogP contribution in [0, 0.1) is 0 Å². The number of nitrogens with one attached hydrogen (secondary N) is 1. The molecular formula is C24H16BrNO4S. The molecule has 0 bridgehead atoms. The molecule has 5 nitrogen and oxygen atoms in total. The van der Waals surface area contributed by atoms with E-state index >= 15 is 0 Å². The van der Waals surface area contributed by atoms with E-state index in [4.69, 9.17) is 4.74 Å². The smallest absolute Gasteiger partial charge is 0.411 e. The van der Waals surface area contributed by atoms with Crippen LogP contribution in [0.25, 0.3) is 21.2 Å². The maximum absolute atomic E-state index is 12.7. The van der Waals surface area contributed by atoms with E-state index in [9.17, 15) is 14.7 Å². The van der Waals surface area contributed by atoms with Crippen LogP contribution in [0.5, 0.6) is 0 Å². The van der Waals surface area contributed by atoms with Gasteiger partial charge in [0.05, 0.1) is 10.4 Å². The number of ether oxygens (including phenoxy) is 1. The molecule has 0 radical (unpaired) electrons. The molecule has 1 amide bonds. The number of fused-ring (bicyclic) bond motifs is 4. The Morgan fingerprint density at radius 3 is 2.26 bits per heavy atom. The number of carboxylic acids is 1. The molecule has 1 aromatic heterocycles. The molecule has 0 saturated carbocycles. The van der Waals surface area contributed by atoms with Crippen molar-refractivity contribution in [2.75, 3.05) is 11.9 Å². The first-order valence-corrected chi connectivity index (χ1v) is 11.2. The maximum Gasteiger partial charge on any atom is 0.411 e. The summed E-state index contributed by atoms with van der Waals surface area (Å²) in [5.74, 6) is -1.16. The van der Waals surface area contributed by atoms with Crippen LogP contribution in [0.4, 0.5) is 10.5 Å². The van der Waals surface area contributed by atoms with Gasteiger partial charge in [0.2, 0.25) is 0 Å². The Balaban J connectivity index is 1.40. The number of benzene rings is 3. The molecule has 5 rings (SSSR count). The Kier molecular flexibility index (Phi) is 5.00. The lowest BCUT2D eigenvalue weighted by molar-refractivity contribution is 0.0703. The van der Waals surface area contributed by atoms with E-state index in [1.807, 2.05) is 42.5 Å². The van der Waals surface area contributed by atoms with Crippen molar-refractivity contribution in [1.29, 1.82) is 0 Å². The van der Waals surface area contributed by atoms with Crippen LogP contribution in [0.2, 0.25) is 0 Å². The summed E-state index contributed by atoms with van der Waals surface area (Å²) in [6.07, 6.45) is -0.677. The van der Waals surface area contributed by atoms with Gasteiger partial charge >= 0.3 is 12.1 Å². The fourth-order valence-electron chi connectivity index (χ4n) is 4.10. The second-order valence-corrected chi connectivity index (χ2v) is 9.05. The minimum absolute atomic E-state index is 0.0644. The molecule has 0 fully saturated rings. The Hall–Kier alpha value is -3.16. The number of amides is 1. The highest BCUT2D eigenvalue weighted by atomic mass is 79.9. The minimum Gasteiger partial charge on any atom is -0.477 e. The van der Waals surface area contributed by atoms with Crippen molar-refractivity contribution in [1.82, 2.24) is 0 Å². The summed E-state index contributed by atoms with van der Waals surface area (Å²) in [6.45, 7) is 0.161. The first-order chi connectivity index (χ1) is 15.0. The van der Waals surface area contributed by atoms with Gasteiger partial charge in [0.15, 0.2) is 0 Å². The highest BCUT2D eigenvalue weighted by molar-refractivity contribution is 9.10. The van der Waals surface area contributed by atoms with Gasteiger partial charge in [-0.3, -0.25) is 5.32 Å². The summed E-state index contributed by atoms with van der Waals surface area (Å²) < 4.78 is 7.11. The number of rotatable bonds is 4. The van der Waals surface area contributed by atoms with E-state index in [2.05, 4.69) is 33.4 Å². The predicted octanol–water partition coefficient (Wildman–Crippen LogP) is 6.72. The topological polar surface area (TPSA) is 75.6 Å². The van der Waals surface area contributed by atoms with Crippen molar-refractivity contribution in [2.24, 2.45) is 0 Å². The third-order valence-electron chi connectivity index (χ3n) is 5.43. The number of anilines is 1. The number of hydrogen-bond acceptors (Lipinski definition) is 4. The highest BCUT2D eigenvalue weighted by Crippen LogP contribution is 2.45. The van der Waals surface area contributed by atoms with Crippen molar-refractivity contribution >= 4 is 55.1 Å². The number of carbonyl (C=O) groups excluding carboxylic acids is 1. The van der Waals surface area contributed by atoms with Crippen LogP contribution < -0.4 is 5.32 Å². The predicted molar refractivity (Wildman–Crippen MR) is 125 cm³/mol. The molecule has 1 heterocycles. The highest BCUT2D eigenvalue weighted by Gasteiger charge is 2.29. The number of carbonyl (C=O) groups is 2. The average Bonchev–Trinajstić information content (AvgIpc) is 3.30. The van der Waals surface area contributed by atoms with E-state index in [1.165, 1.54) is 0 Å². The Morgan fingerprint density at radius 1 is 0.968 bits per heavy atom. The molecule has 4 aromatic rings. The zero-order valence-electron chi connectivity index (χ0n) is 16.1. The molecule has 154 valence electrons. The average molecular weight is 494 g/mol. The third-order valence-corrected chi connectivity index (χ3v) is 7.58. The Bertz CT molecular complexity index is 1300. The molecule has 0 spiro atoms. The van der Waals surface area contributed by atoms with Crippen LogP contribution in [-0.4, -0.2) is 23.8 Å². The SMILES string of the molecule is O=C(Nc1c(C(=O)O)sc2c(Br)cccc12)OCC1c2ccccc2-c2ccccc21. The van der Waals surface area contributed by atoms with Gasteiger partial charge in [0.1, 0.15) is 11.5 Å². The van der Waals surface area contributed by atoms with Gasteiger partial charge in [-0.25, -0.2) is 9.59 Å². The summed E-state index contributed by atoms with van der Waals surface area (Å²) in [5.41, 5.74) is 4.79. The van der Waals surface area contributed by atoms with E-state index < -0.39 is 12.1 Å². The fourth-order valence-corrected chi connectivity index (χ4v) is 5.71. The first kappa shape index (κ1) is 19.8. The lowest BCUT2D eigenvalue weighted by Gasteiger charge is -2.14. The van der Waals surface area contributed by atoms with Crippen molar-refractivity contribution in [3.63, 3.8) is 0 Å². The van der Waals surface area contributed by atoms with Crippen molar-refractivity contribution in [2.45, 2.75) is 5.92 Å². The van der Waals surface area contributed by atoms with Gasteiger partial charge in [-0.1, -0.05) is 60.7 Å². The standard InChI is InChI=1S/C24H16BrNO4S/c25-19-11-5-10-17-20(22(23(27)28)31-21(17)19)26-24(29)30-12-18-15-8-3-1-6-13(15)14-7-2-4-9-16(14)18/h1-11,18H,12H2,(H,26,29)(H,27,28). The van der Waals surface area contributed by atoms with Crippen molar-refractivity contribution < 1.29 is 19.4 Å². The van der Waals surface area contributed by atoms with Crippen LogP contribution in [-0.2, 0) is 4.74 Å². The van der Waals surface area contributed by atoms with Crippen LogP contribution in [0.1, 0.15) is 26.7 Å². The number of hydrogen-bond donors (Lipinski definition) is 2. The van der Waals surface area contributed by atoms with Crippen LogP contribution in [0.3, 0.4) is 0 Å². The second kappa shape index (κ2) is 7.83. The number of carboxylic acid groups (broad SMARTS) is 1. The molecular weight excluding hydrogens is 478 g/mol. The molecule has 31 heavy (non-hydrogen) atoms. The normalized spacial score (nSPS) is 12.4. The van der Waals surface area contributed by atoms with Gasteiger partial charge in [-0.15, -0.1) is 11.3 Å². The zero-order chi connectivity index (χ0) is 21.5. The maximum atomic E-state index is 12.7. The van der Waals surface area contributed by atoms with E-state index in [0.717, 1.165) is 42.8 Å². The first-order valence-electron chi connectivity index (χ1n) is 9.61. The molecule has 7 heteroatoms. The van der Waals surface area contributed by atoms with E-state index in [-0.39, 0.29) is 23.1 Å². The monoisotopic (exact) mass is 493 g/mol. The largest absolute Gasteiger partial charge is 0.477 e. The van der Waals surface area contributed by atoms with E-state index in [0.29, 0.717) is 5.39 Å². The molecule has 0 aliphatic heterocycles. The van der Waals surface area contributed by atoms with Gasteiger partial charge in [0, 0.05) is 15.8 Å². The van der Waals surface area contributed by atoms with E-state index in [1.54, 1.807) is 12.1 Å². The van der Waals surface area contributed by atoms with Gasteiger partial charge in [-0.05, 0) is 44.3 Å². The molecule has 2 N–H and O–H groups in total. The van der Waals surface area contributed by atoms with Gasteiger partial charge in [-0.2, -0.15) is 0 Å². The summed E-state index contributed by atoms with van der Waals surface area (Å²) >= 11 is 4.55. The Morgan fingerprint density at radius 2 is 1.61 bits per heavy atom. The van der Waals surface area contributed by atoms with Crippen LogP contribution in [0.15, 0.2) is 71.2 Å². The molecule has 1 aliphatic carbocycles. The molecule has 0 atom stereocenters. The lowest BCUT2D eigenvalue weighted by Crippen LogP contribution is -2.18. The number of aromatic carboxylic acids is 1. The number of halogens is 1. The minimum atomic E-state index is -1.10. The molecule has 0 unspecified atom stereocenters. The van der Waals surface area contributed by atoms with Crippen molar-refractivity contribution in [3.05, 3.63) is 87.2 Å². The zero-order valence-corrected chi connectivity index (χ0v) is 18.5. The van der Waals surface area contributed by atoms with Gasteiger partial charge in [0.25, 0.3) is 0 Å². The summed E-state index contributed by atoms with van der Waals surface area (Å²) in [6, 6.07) is 21.6. The summed E-state index contributed by atoms with van der Waals surface area (Å²) in [4.78, 5) is 24.5.